The summed E-state index contributed by atoms with van der Waals surface area (Å²) in [5.41, 5.74) is 14.4. The molecule has 0 aliphatic carbocycles. The van der Waals surface area contributed by atoms with E-state index in [0.29, 0.717) is 28.2 Å². The van der Waals surface area contributed by atoms with E-state index in [2.05, 4.69) is 262 Å². The maximum atomic E-state index is 12.3. The number of nitriles is 2. The molecule has 0 N–H and O–H groups in total. The van der Waals surface area contributed by atoms with Crippen molar-refractivity contribution in [2.24, 2.45) is 0 Å². The minimum Gasteiger partial charge on any atom is -0.309 e. The fourth-order valence-corrected chi connectivity index (χ4v) is 12.2. The summed E-state index contributed by atoms with van der Waals surface area (Å²) >= 11 is 0. The van der Waals surface area contributed by atoms with Gasteiger partial charge in [0, 0.05) is 54.3 Å². The molecule has 0 bridgehead atoms. The lowest BCUT2D eigenvalue weighted by Crippen LogP contribution is -2.14. The van der Waals surface area contributed by atoms with Gasteiger partial charge in [-0.1, -0.05) is 163 Å². The van der Waals surface area contributed by atoms with Crippen LogP contribution in [0.4, 0.5) is 0 Å². The van der Waals surface area contributed by atoms with Crippen LogP contribution in [-0.2, 0) is 0 Å². The third-order valence-corrected chi connectivity index (χ3v) is 15.3. The molecular weight excluding hydrogens is 889 g/mol. The van der Waals surface area contributed by atoms with E-state index < -0.39 is 0 Å². The van der Waals surface area contributed by atoms with Crippen LogP contribution in [-0.4, -0.2) is 18.3 Å². The first-order chi connectivity index (χ1) is 36.1. The van der Waals surface area contributed by atoms with Crippen molar-refractivity contribution in [2.45, 2.75) is 6.92 Å². The second-order valence-corrected chi connectivity index (χ2v) is 19.1. The number of fused-ring (bicyclic) bond motifs is 13. The van der Waals surface area contributed by atoms with E-state index in [1.807, 2.05) is 0 Å². The number of para-hydroxylation sites is 6. The average Bonchev–Trinajstić information content (AvgIpc) is 4.17. The van der Waals surface area contributed by atoms with Crippen molar-refractivity contribution in [3.63, 3.8) is 0 Å². The van der Waals surface area contributed by atoms with Gasteiger partial charge in [-0.3, -0.25) is 0 Å². The first-order valence-electron chi connectivity index (χ1n) is 24.6. The third-order valence-electron chi connectivity index (χ3n) is 15.3. The summed E-state index contributed by atoms with van der Waals surface area (Å²) in [6.45, 7) is 2.09. The molecule has 0 saturated heterocycles. The smallest absolute Gasteiger partial charge is 0.104 e. The van der Waals surface area contributed by atoms with Crippen LogP contribution in [0.1, 0.15) is 16.7 Å². The fraction of sp³-hybridized carbons (Fsp3) is 0.0149. The van der Waals surface area contributed by atoms with E-state index in [1.165, 1.54) is 10.8 Å². The Morgan fingerprint density at radius 2 is 0.658 bits per heavy atom. The quantitative estimate of drug-likeness (QED) is 0.173. The second kappa shape index (κ2) is 15.4. The van der Waals surface area contributed by atoms with Crippen LogP contribution >= 0.6 is 0 Å². The topological polar surface area (TPSA) is 67.3 Å². The SMILES string of the molecule is Cc1ccc(-c2c(-n3c4ccccc4c4ccccc43)c(C#N)c(-n3c4ccc(-n5c6ccccc6c6ccccc65)cc4c4cc5ccccc5cc43)c(C#N)c2-n2c3ccccc3c3ccccc32)cc1. The molecule has 0 aliphatic rings. The van der Waals surface area contributed by atoms with Crippen LogP contribution in [0.3, 0.4) is 0 Å². The van der Waals surface area contributed by atoms with Crippen molar-refractivity contribution >= 4 is 98.0 Å². The highest BCUT2D eigenvalue weighted by molar-refractivity contribution is 6.17. The summed E-state index contributed by atoms with van der Waals surface area (Å²) in [4.78, 5) is 0. The highest BCUT2D eigenvalue weighted by Gasteiger charge is 2.33. The van der Waals surface area contributed by atoms with Crippen LogP contribution in [0.5, 0.6) is 0 Å². The van der Waals surface area contributed by atoms with Crippen LogP contribution in [0.25, 0.3) is 132 Å². The second-order valence-electron chi connectivity index (χ2n) is 19.1. The van der Waals surface area contributed by atoms with Crippen molar-refractivity contribution in [1.82, 2.24) is 18.3 Å². The molecule has 0 saturated carbocycles. The zero-order chi connectivity index (χ0) is 48.5. The molecule has 6 nitrogen and oxygen atoms in total. The first-order valence-corrected chi connectivity index (χ1v) is 24.6. The minimum absolute atomic E-state index is 0.390. The molecule has 11 aromatic carbocycles. The predicted octanol–water partition coefficient (Wildman–Crippen LogP) is 16.9. The monoisotopic (exact) mass is 928 g/mol. The molecule has 0 aliphatic heterocycles. The molecule has 15 rings (SSSR count). The lowest BCUT2D eigenvalue weighted by molar-refractivity contribution is 1.08. The molecule has 4 heterocycles. The summed E-state index contributed by atoms with van der Waals surface area (Å²) in [6, 6.07) is 84.9. The van der Waals surface area contributed by atoms with Gasteiger partial charge < -0.3 is 18.3 Å². The van der Waals surface area contributed by atoms with Crippen molar-refractivity contribution in [1.29, 1.82) is 10.5 Å². The van der Waals surface area contributed by atoms with Gasteiger partial charge in [-0.2, -0.15) is 10.5 Å². The van der Waals surface area contributed by atoms with Crippen LogP contribution < -0.4 is 0 Å². The van der Waals surface area contributed by atoms with Gasteiger partial charge in [-0.15, -0.1) is 0 Å². The van der Waals surface area contributed by atoms with Crippen molar-refractivity contribution in [2.75, 3.05) is 0 Å². The Labute approximate surface area is 418 Å². The molecule has 0 unspecified atom stereocenters. The van der Waals surface area contributed by atoms with Gasteiger partial charge in [0.15, 0.2) is 0 Å². The van der Waals surface area contributed by atoms with Crippen molar-refractivity contribution in [3.05, 3.63) is 241 Å². The average molecular weight is 929 g/mol. The summed E-state index contributed by atoms with van der Waals surface area (Å²) in [5.74, 6) is 0. The van der Waals surface area contributed by atoms with Crippen LogP contribution in [0.2, 0.25) is 0 Å². The van der Waals surface area contributed by atoms with Gasteiger partial charge in [0.1, 0.15) is 23.3 Å². The number of benzene rings is 11. The van der Waals surface area contributed by atoms with Crippen molar-refractivity contribution in [3.8, 4) is 46.0 Å². The van der Waals surface area contributed by atoms with E-state index >= 15 is 0 Å². The van der Waals surface area contributed by atoms with Gasteiger partial charge in [-0.05, 0) is 90.0 Å². The molecule has 6 heteroatoms. The maximum absolute atomic E-state index is 12.3. The van der Waals surface area contributed by atoms with Gasteiger partial charge in [0.05, 0.1) is 61.2 Å². The van der Waals surface area contributed by atoms with Gasteiger partial charge in [0.2, 0.25) is 0 Å². The maximum Gasteiger partial charge on any atom is 0.104 e. The molecule has 338 valence electrons. The number of rotatable bonds is 5. The lowest BCUT2D eigenvalue weighted by atomic mass is 9.91. The molecule has 0 fully saturated rings. The number of aromatic nitrogens is 4. The number of hydrogen-bond donors (Lipinski definition) is 0. The molecule has 73 heavy (non-hydrogen) atoms. The standard InChI is InChI=1S/C67H40N6/c1-41-30-32-42(33-31-41)64-66(71-58-26-12-6-20-48(58)49-21-7-13-27-59(49)71)54(39-68)65(55(40-69)67(64)72-60-28-14-8-22-50(60)51-23-9-15-29-61(51)72)73-62-35-34-45(38-53(62)52-36-43-16-2-3-17-44(43)37-63(52)73)70-56-24-10-4-18-46(56)47-19-5-11-25-57(47)70/h2-38H,1H3. The first kappa shape index (κ1) is 40.7. The van der Waals surface area contributed by atoms with E-state index in [4.69, 9.17) is 0 Å². The zero-order valence-electron chi connectivity index (χ0n) is 39.5. The predicted molar refractivity (Wildman–Crippen MR) is 301 cm³/mol. The number of hydrogen-bond acceptors (Lipinski definition) is 2. The Hall–Kier alpha value is -10.1. The van der Waals surface area contributed by atoms with E-state index in [0.717, 1.165) is 110 Å². The third kappa shape index (κ3) is 5.66. The number of nitrogens with zero attached hydrogens (tertiary/aromatic N) is 6. The van der Waals surface area contributed by atoms with Gasteiger partial charge in [-0.25, -0.2) is 0 Å². The molecule has 4 aromatic heterocycles. The Morgan fingerprint density at radius 3 is 1.10 bits per heavy atom. The Morgan fingerprint density at radius 1 is 0.301 bits per heavy atom. The summed E-state index contributed by atoms with van der Waals surface area (Å²) in [6.07, 6.45) is 0. The largest absolute Gasteiger partial charge is 0.309 e. The molecule has 0 spiro atoms. The lowest BCUT2D eigenvalue weighted by Gasteiger charge is -2.26. The normalized spacial score (nSPS) is 11.9. The van der Waals surface area contributed by atoms with E-state index in [-0.39, 0.29) is 0 Å². The molecule has 0 radical (unpaired) electrons. The Balaban J connectivity index is 1.19. The highest BCUT2D eigenvalue weighted by atomic mass is 15.1. The Bertz CT molecular complexity index is 4630. The van der Waals surface area contributed by atoms with Crippen LogP contribution in [0, 0.1) is 29.6 Å². The van der Waals surface area contributed by atoms with Crippen LogP contribution in [0.15, 0.2) is 224 Å². The summed E-state index contributed by atoms with van der Waals surface area (Å²) < 4.78 is 9.14. The van der Waals surface area contributed by atoms with E-state index in [9.17, 15) is 10.5 Å². The molecular formula is C67H40N6. The van der Waals surface area contributed by atoms with E-state index in [1.54, 1.807) is 0 Å². The zero-order valence-corrected chi connectivity index (χ0v) is 39.5. The summed E-state index contributed by atoms with van der Waals surface area (Å²) in [5, 5.41) is 35.5. The highest BCUT2D eigenvalue weighted by Crippen LogP contribution is 2.49. The molecule has 0 atom stereocenters. The summed E-state index contributed by atoms with van der Waals surface area (Å²) in [7, 11) is 0. The van der Waals surface area contributed by atoms with Gasteiger partial charge >= 0.3 is 0 Å². The van der Waals surface area contributed by atoms with Crippen molar-refractivity contribution < 1.29 is 0 Å². The molecule has 15 aromatic rings. The minimum atomic E-state index is 0.390. The number of aryl methyl sites for hydroxylation is 1. The van der Waals surface area contributed by atoms with Gasteiger partial charge in [0.25, 0.3) is 0 Å². The fourth-order valence-electron chi connectivity index (χ4n) is 12.2. The molecule has 0 amide bonds. The Kier molecular flexibility index (Phi) is 8.61.